The van der Waals surface area contributed by atoms with Crippen LogP contribution in [0.5, 0.6) is 5.75 Å². The second-order valence-electron chi connectivity index (χ2n) is 7.12. The van der Waals surface area contributed by atoms with E-state index in [1.165, 1.54) is 12.1 Å². The molecule has 2 unspecified atom stereocenters. The molecule has 0 radical (unpaired) electrons. The Morgan fingerprint density at radius 2 is 1.93 bits per heavy atom. The van der Waals surface area contributed by atoms with Crippen molar-refractivity contribution in [1.82, 2.24) is 10.2 Å². The Labute approximate surface area is 192 Å². The van der Waals surface area contributed by atoms with Gasteiger partial charge in [-0.25, -0.2) is 4.99 Å². The molecule has 3 rings (SSSR count). The van der Waals surface area contributed by atoms with Crippen molar-refractivity contribution in [2.75, 3.05) is 39.5 Å². The minimum atomic E-state index is -4.34. The molecule has 2 heterocycles. The van der Waals surface area contributed by atoms with E-state index in [0.29, 0.717) is 13.2 Å². The highest BCUT2D eigenvalue weighted by Crippen LogP contribution is 2.22. The third-order valence-corrected chi connectivity index (χ3v) is 4.84. The highest BCUT2D eigenvalue weighted by atomic mass is 127. The predicted octanol–water partition coefficient (Wildman–Crippen LogP) is 3.59. The molecule has 6 nitrogen and oxygen atoms in total. The number of nitrogens with one attached hydrogen (secondary N) is 1. The molecule has 0 amide bonds. The van der Waals surface area contributed by atoms with Crippen molar-refractivity contribution in [3.05, 3.63) is 29.8 Å². The third-order valence-electron chi connectivity index (χ3n) is 4.84. The van der Waals surface area contributed by atoms with E-state index < -0.39 is 12.8 Å². The van der Waals surface area contributed by atoms with Gasteiger partial charge in [-0.2, -0.15) is 13.2 Å². The molecule has 30 heavy (non-hydrogen) atoms. The maximum Gasteiger partial charge on any atom is 0.422 e. The summed E-state index contributed by atoms with van der Waals surface area (Å²) >= 11 is 0. The number of hydrogen-bond acceptors (Lipinski definition) is 4. The van der Waals surface area contributed by atoms with E-state index in [0.717, 1.165) is 50.6 Å². The molecule has 0 aromatic heterocycles. The first kappa shape index (κ1) is 25.0. The summed E-state index contributed by atoms with van der Waals surface area (Å²) in [6.07, 6.45) is -2.07. The molecule has 0 spiro atoms. The van der Waals surface area contributed by atoms with E-state index >= 15 is 0 Å². The zero-order valence-electron chi connectivity index (χ0n) is 17.0. The standard InChI is InChI=1S/C20H28F3N3O3.HI/c1-2-24-19(26-9-11-28-18(13-26)17-4-3-10-27-17)25-12-15-5-7-16(8-6-15)29-14-20(21,22)23;/h5-8,17-18H,2-4,9-14H2,1H3,(H,24,25);1H. The Kier molecular flexibility index (Phi) is 9.95. The summed E-state index contributed by atoms with van der Waals surface area (Å²) in [7, 11) is 0. The van der Waals surface area contributed by atoms with Gasteiger partial charge < -0.3 is 24.4 Å². The number of halogens is 4. The van der Waals surface area contributed by atoms with Gasteiger partial charge in [0.1, 0.15) is 11.9 Å². The summed E-state index contributed by atoms with van der Waals surface area (Å²) in [6.45, 7) is 4.77. The fourth-order valence-electron chi connectivity index (χ4n) is 3.44. The Morgan fingerprint density at radius 3 is 2.57 bits per heavy atom. The van der Waals surface area contributed by atoms with E-state index in [4.69, 9.17) is 19.2 Å². The van der Waals surface area contributed by atoms with Crippen LogP contribution in [-0.4, -0.2) is 68.7 Å². The highest BCUT2D eigenvalue weighted by Gasteiger charge is 2.32. The molecule has 2 atom stereocenters. The SMILES string of the molecule is CCNC(=NCc1ccc(OCC(F)(F)F)cc1)N1CCOC(C2CCCO2)C1.I. The number of morpholine rings is 1. The minimum absolute atomic E-state index is 0. The fraction of sp³-hybridized carbons (Fsp3) is 0.650. The number of alkyl halides is 3. The molecular formula is C20H29F3IN3O3. The fourth-order valence-corrected chi connectivity index (χ4v) is 3.44. The van der Waals surface area contributed by atoms with Crippen LogP contribution in [0.15, 0.2) is 29.3 Å². The van der Waals surface area contributed by atoms with Gasteiger partial charge in [-0.15, -0.1) is 24.0 Å². The third kappa shape index (κ3) is 7.77. The molecule has 2 fully saturated rings. The van der Waals surface area contributed by atoms with Crippen molar-refractivity contribution >= 4 is 29.9 Å². The number of ether oxygens (including phenoxy) is 3. The van der Waals surface area contributed by atoms with Crippen LogP contribution < -0.4 is 10.1 Å². The quantitative estimate of drug-likeness (QED) is 0.338. The lowest BCUT2D eigenvalue weighted by molar-refractivity contribution is -0.153. The summed E-state index contributed by atoms with van der Waals surface area (Å²) in [5.74, 6) is 0.991. The van der Waals surface area contributed by atoms with Crippen molar-refractivity contribution in [3.63, 3.8) is 0 Å². The van der Waals surface area contributed by atoms with Crippen LogP contribution in [0, 0.1) is 0 Å². The van der Waals surface area contributed by atoms with E-state index in [1.807, 2.05) is 6.92 Å². The van der Waals surface area contributed by atoms with Crippen LogP contribution >= 0.6 is 24.0 Å². The number of benzene rings is 1. The molecule has 1 aromatic carbocycles. The summed E-state index contributed by atoms with van der Waals surface area (Å²) in [5.41, 5.74) is 0.892. The first-order valence-electron chi connectivity index (χ1n) is 9.99. The van der Waals surface area contributed by atoms with Gasteiger partial charge >= 0.3 is 6.18 Å². The summed E-state index contributed by atoms with van der Waals surface area (Å²) in [6, 6.07) is 6.53. The van der Waals surface area contributed by atoms with Gasteiger partial charge in [-0.05, 0) is 37.5 Å². The molecule has 0 saturated carbocycles. The zero-order chi connectivity index (χ0) is 20.7. The number of nitrogens with zero attached hydrogens (tertiary/aromatic N) is 2. The van der Waals surface area contributed by atoms with Gasteiger partial charge in [0.25, 0.3) is 0 Å². The van der Waals surface area contributed by atoms with Crippen LogP contribution in [0.25, 0.3) is 0 Å². The minimum Gasteiger partial charge on any atom is -0.484 e. The van der Waals surface area contributed by atoms with E-state index in [2.05, 4.69) is 10.2 Å². The average Bonchev–Trinajstić information content (AvgIpc) is 3.25. The van der Waals surface area contributed by atoms with Gasteiger partial charge in [0.15, 0.2) is 12.6 Å². The second-order valence-corrected chi connectivity index (χ2v) is 7.12. The van der Waals surface area contributed by atoms with Crippen LogP contribution in [-0.2, 0) is 16.0 Å². The Balaban J connectivity index is 0.00000320. The molecule has 1 N–H and O–H groups in total. The number of guanidine groups is 1. The van der Waals surface area contributed by atoms with Crippen LogP contribution in [0.2, 0.25) is 0 Å². The van der Waals surface area contributed by atoms with Gasteiger partial charge in [-0.1, -0.05) is 12.1 Å². The van der Waals surface area contributed by atoms with Gasteiger partial charge in [0.05, 0.1) is 19.3 Å². The molecule has 0 aliphatic carbocycles. The number of aliphatic imine (C=N–C) groups is 1. The molecule has 2 aliphatic rings. The summed E-state index contributed by atoms with van der Waals surface area (Å²) in [5, 5.41) is 3.31. The van der Waals surface area contributed by atoms with Crippen molar-refractivity contribution in [1.29, 1.82) is 0 Å². The first-order chi connectivity index (χ1) is 13.9. The molecule has 0 bridgehead atoms. The molecule has 10 heteroatoms. The van der Waals surface area contributed by atoms with Crippen molar-refractivity contribution in [2.45, 2.75) is 44.7 Å². The Morgan fingerprint density at radius 1 is 1.20 bits per heavy atom. The largest absolute Gasteiger partial charge is 0.484 e. The zero-order valence-corrected chi connectivity index (χ0v) is 19.3. The first-order valence-corrected chi connectivity index (χ1v) is 9.99. The van der Waals surface area contributed by atoms with Gasteiger partial charge in [0.2, 0.25) is 0 Å². The smallest absolute Gasteiger partial charge is 0.422 e. The van der Waals surface area contributed by atoms with Crippen molar-refractivity contribution in [3.8, 4) is 5.75 Å². The van der Waals surface area contributed by atoms with E-state index in [1.54, 1.807) is 12.1 Å². The van der Waals surface area contributed by atoms with Crippen LogP contribution in [0.3, 0.4) is 0 Å². The summed E-state index contributed by atoms with van der Waals surface area (Å²) in [4.78, 5) is 6.88. The normalized spacial score (nSPS) is 22.5. The Bertz CT molecular complexity index is 668. The monoisotopic (exact) mass is 543 g/mol. The van der Waals surface area contributed by atoms with Gasteiger partial charge in [-0.3, -0.25) is 0 Å². The Hall–Kier alpha value is -1.27. The number of rotatable bonds is 6. The van der Waals surface area contributed by atoms with Crippen molar-refractivity contribution < 1.29 is 27.4 Å². The summed E-state index contributed by atoms with van der Waals surface area (Å²) < 4.78 is 53.1. The molecule has 2 saturated heterocycles. The van der Waals surface area contributed by atoms with Crippen molar-refractivity contribution in [2.24, 2.45) is 4.99 Å². The van der Waals surface area contributed by atoms with Gasteiger partial charge in [0, 0.05) is 26.2 Å². The van der Waals surface area contributed by atoms with Crippen LogP contribution in [0.1, 0.15) is 25.3 Å². The average molecular weight is 543 g/mol. The lowest BCUT2D eigenvalue weighted by Crippen LogP contribution is -2.53. The van der Waals surface area contributed by atoms with E-state index in [9.17, 15) is 13.2 Å². The topological polar surface area (TPSA) is 55.3 Å². The van der Waals surface area contributed by atoms with Crippen LogP contribution in [0.4, 0.5) is 13.2 Å². The highest BCUT2D eigenvalue weighted by molar-refractivity contribution is 14.0. The molecule has 1 aromatic rings. The second kappa shape index (κ2) is 11.9. The molecule has 2 aliphatic heterocycles. The lowest BCUT2D eigenvalue weighted by Gasteiger charge is -2.37. The maximum atomic E-state index is 12.2. The number of hydrogen-bond donors (Lipinski definition) is 1. The molecule has 170 valence electrons. The van der Waals surface area contributed by atoms with E-state index in [-0.39, 0.29) is 41.9 Å². The maximum absolute atomic E-state index is 12.2. The predicted molar refractivity (Wildman–Crippen MR) is 119 cm³/mol. The lowest BCUT2D eigenvalue weighted by atomic mass is 10.1. The molecular weight excluding hydrogens is 514 g/mol.